The van der Waals surface area contributed by atoms with Crippen LogP contribution in [0.5, 0.6) is 0 Å². The standard InChI is InChI=1S/C63H60N7O13P/c64-54(72)30-27-47(53(71)35-45(37-14-7-4-8-15-37)38-16-9-5-10-17-38)65-60(77)52-33-41-21-12-20-40-24-26-48(62(79)70(52)57(40)41)66-59(76)51-34-43-32-42(63(80)84(81,82)83)25-28-49(43)69(51)56(74)23-11-3-1-2-6-18-39-19-13-22-44-46(39)36-68(61(44)78)50-29-31-55(73)67-58(50)75/h4-5,7-10,12-17,19-22,25,28,32,34,45,47-48,50,52H,1-3,11,23-24,26-27,29-31,33,35-36H2,(H2,64,72)(H,65,77)(H,66,76)(H,67,73,75)(H2,81,82,83)/t47-,48-,50?,52-/m0/s1. The minimum atomic E-state index is -5.24. The highest BCUT2D eigenvalue weighted by molar-refractivity contribution is 7.70. The molecule has 1 saturated heterocycles. The molecule has 4 aliphatic heterocycles. The molecule has 0 bridgehead atoms. The molecule has 10 rings (SSSR count). The van der Waals surface area contributed by atoms with E-state index in [4.69, 9.17) is 5.73 Å². The van der Waals surface area contributed by atoms with Gasteiger partial charge in [-0.2, -0.15) is 0 Å². The van der Waals surface area contributed by atoms with E-state index >= 15 is 4.79 Å². The number of primary amides is 1. The molecular formula is C63H60N7O13P. The van der Waals surface area contributed by atoms with Crippen LogP contribution in [0.25, 0.3) is 10.9 Å². The normalized spacial score (nSPS) is 17.6. The summed E-state index contributed by atoms with van der Waals surface area (Å²) in [7, 11) is -5.24. The van der Waals surface area contributed by atoms with Gasteiger partial charge in [-0.25, -0.2) is 0 Å². The molecule has 1 aromatic heterocycles. The summed E-state index contributed by atoms with van der Waals surface area (Å²) < 4.78 is 13.2. The highest BCUT2D eigenvalue weighted by atomic mass is 31.2. The largest absolute Gasteiger partial charge is 0.396 e. The van der Waals surface area contributed by atoms with Crippen LogP contribution in [0, 0.1) is 11.8 Å². The van der Waals surface area contributed by atoms with Crippen molar-refractivity contribution in [3.63, 3.8) is 0 Å². The molecule has 1 fully saturated rings. The Hall–Kier alpha value is -9.15. The number of anilines is 1. The molecule has 0 spiro atoms. The van der Waals surface area contributed by atoms with Crippen molar-refractivity contribution in [2.45, 2.75) is 120 Å². The van der Waals surface area contributed by atoms with Gasteiger partial charge in [0.25, 0.3) is 17.3 Å². The molecular weight excluding hydrogens is 1090 g/mol. The van der Waals surface area contributed by atoms with Gasteiger partial charge in [0, 0.05) is 73.1 Å². The molecule has 20 nitrogen and oxygen atoms in total. The minimum Gasteiger partial charge on any atom is -0.370 e. The molecule has 0 radical (unpaired) electrons. The lowest BCUT2D eigenvalue weighted by atomic mass is 9.85. The second kappa shape index (κ2) is 24.7. The molecule has 4 atom stereocenters. The van der Waals surface area contributed by atoms with Crippen LogP contribution in [0.3, 0.4) is 0 Å². The van der Waals surface area contributed by atoms with Crippen molar-refractivity contribution in [3.05, 3.63) is 172 Å². The molecule has 5 aromatic carbocycles. The molecule has 1 unspecified atom stereocenters. The Labute approximate surface area is 482 Å². The number of rotatable bonds is 20. The highest BCUT2D eigenvalue weighted by Crippen LogP contribution is 2.41. The van der Waals surface area contributed by atoms with Crippen LogP contribution in [-0.4, -0.2) is 102 Å². The maximum atomic E-state index is 15.0. The Balaban J connectivity index is 0.844. The smallest absolute Gasteiger partial charge is 0.370 e. The number of aromatic nitrogens is 1. The highest BCUT2D eigenvalue weighted by Gasteiger charge is 2.46. The second-order valence-corrected chi connectivity index (χ2v) is 23.0. The average molecular weight is 1150 g/mol. The van der Waals surface area contributed by atoms with Gasteiger partial charge >= 0.3 is 7.60 Å². The van der Waals surface area contributed by atoms with Gasteiger partial charge in [0.15, 0.2) is 5.78 Å². The SMILES string of the molecule is NC(=O)CC[C@H](NC(=O)[C@@H]1Cc2cccc3c2N1C(=O)[C@@H](NC(=O)c1cc2cc(C(=O)P(=O)(O)O)ccc2n1C(=O)CCCCCC#Cc1cccc2c1CN(C1CCC(=O)NC1=O)C2=O)CC3)C(=O)CC(c1ccccc1)c1ccccc1. The van der Waals surface area contributed by atoms with E-state index < -0.39 is 72.7 Å². The summed E-state index contributed by atoms with van der Waals surface area (Å²) in [6.45, 7) is 0.173. The molecule has 430 valence electrons. The zero-order valence-electron chi connectivity index (χ0n) is 45.6. The fourth-order valence-electron chi connectivity index (χ4n) is 11.8. The van der Waals surface area contributed by atoms with E-state index in [0.717, 1.165) is 27.3 Å². The topological polar surface area (TPSA) is 302 Å². The number of hydrogen-bond acceptors (Lipinski definition) is 11. The van der Waals surface area contributed by atoms with E-state index in [1.165, 1.54) is 28.0 Å². The van der Waals surface area contributed by atoms with E-state index in [-0.39, 0.29) is 104 Å². The van der Waals surface area contributed by atoms with Gasteiger partial charge in [-0.3, -0.25) is 67.3 Å². The van der Waals surface area contributed by atoms with Crippen molar-refractivity contribution in [3.8, 4) is 11.8 Å². The molecule has 0 saturated carbocycles. The summed E-state index contributed by atoms with van der Waals surface area (Å²) in [6.07, 6.45) is 2.28. The number of unbranched alkanes of at least 4 members (excludes halogenated alkanes) is 3. The van der Waals surface area contributed by atoms with Gasteiger partial charge < -0.3 is 31.1 Å². The predicted molar refractivity (Wildman–Crippen MR) is 307 cm³/mol. The first-order chi connectivity index (χ1) is 40.4. The first-order valence-electron chi connectivity index (χ1n) is 27.9. The molecule has 7 amide bonds. The number of benzene rings is 5. The van der Waals surface area contributed by atoms with Crippen molar-refractivity contribution in [1.82, 2.24) is 25.4 Å². The van der Waals surface area contributed by atoms with Crippen LogP contribution in [0.1, 0.15) is 146 Å². The number of piperidine rings is 1. The summed E-state index contributed by atoms with van der Waals surface area (Å²) >= 11 is 0. The van der Waals surface area contributed by atoms with E-state index in [2.05, 4.69) is 27.8 Å². The molecule has 4 aliphatic rings. The number of carbonyl (C=O) groups is 10. The Morgan fingerprint density at radius 3 is 2.20 bits per heavy atom. The maximum Gasteiger partial charge on any atom is 0.396 e. The van der Waals surface area contributed by atoms with Gasteiger partial charge in [-0.15, -0.1) is 0 Å². The number of carbonyl (C=O) groups excluding carboxylic acids is 10. The van der Waals surface area contributed by atoms with Crippen molar-refractivity contribution in [1.29, 1.82) is 0 Å². The van der Waals surface area contributed by atoms with Crippen LogP contribution in [0.2, 0.25) is 0 Å². The number of nitrogens with two attached hydrogens (primary N) is 1. The van der Waals surface area contributed by atoms with Gasteiger partial charge in [-0.1, -0.05) is 103 Å². The Morgan fingerprint density at radius 2 is 1.50 bits per heavy atom. The number of nitrogens with one attached hydrogen (secondary N) is 3. The van der Waals surface area contributed by atoms with Gasteiger partial charge in [-0.05, 0) is 103 Å². The number of nitrogens with zero attached hydrogens (tertiary/aromatic N) is 3. The third kappa shape index (κ3) is 12.3. The van der Waals surface area contributed by atoms with E-state index in [1.54, 1.807) is 24.3 Å². The van der Waals surface area contributed by atoms with Crippen LogP contribution >= 0.6 is 7.60 Å². The lowest BCUT2D eigenvalue weighted by Gasteiger charge is -2.29. The first-order valence-corrected chi connectivity index (χ1v) is 29.5. The van der Waals surface area contributed by atoms with E-state index in [0.29, 0.717) is 60.0 Å². The first kappa shape index (κ1) is 58.1. The maximum absolute atomic E-state index is 15.0. The summed E-state index contributed by atoms with van der Waals surface area (Å²) in [5.74, 6) is 0.995. The predicted octanol–water partition coefficient (Wildman–Crippen LogP) is 5.91. The summed E-state index contributed by atoms with van der Waals surface area (Å²) in [4.78, 5) is 158. The molecule has 21 heteroatoms. The van der Waals surface area contributed by atoms with Crippen molar-refractivity contribution >= 4 is 82.8 Å². The molecule has 0 aliphatic carbocycles. The van der Waals surface area contributed by atoms with Gasteiger partial charge in [0.2, 0.25) is 35.4 Å². The average Bonchev–Trinajstić information content (AvgIpc) is 2.32. The van der Waals surface area contributed by atoms with Crippen molar-refractivity contribution in [2.75, 3.05) is 4.90 Å². The number of imide groups is 1. The quantitative estimate of drug-likeness (QED) is 0.0225. The van der Waals surface area contributed by atoms with Gasteiger partial charge in [0.1, 0.15) is 23.8 Å². The second-order valence-electron chi connectivity index (χ2n) is 21.5. The number of para-hydroxylation sites is 1. The lowest BCUT2D eigenvalue weighted by Crippen LogP contribution is -2.56. The zero-order chi connectivity index (χ0) is 59.4. The summed E-state index contributed by atoms with van der Waals surface area (Å²) in [5.41, 5.74) is 9.13. The van der Waals surface area contributed by atoms with Crippen LogP contribution in [0.4, 0.5) is 5.69 Å². The molecule has 5 heterocycles. The lowest BCUT2D eigenvalue weighted by molar-refractivity contribution is -0.137. The fourth-order valence-corrected chi connectivity index (χ4v) is 12.3. The van der Waals surface area contributed by atoms with E-state index in [9.17, 15) is 57.5 Å². The molecule has 84 heavy (non-hydrogen) atoms. The van der Waals surface area contributed by atoms with Crippen LogP contribution in [0.15, 0.2) is 121 Å². The van der Waals surface area contributed by atoms with E-state index in [1.807, 2.05) is 72.8 Å². The fraction of sp³-hybridized carbons (Fsp3) is 0.302. The van der Waals surface area contributed by atoms with Crippen LogP contribution in [-0.2, 0) is 52.7 Å². The molecule has 6 aromatic rings. The summed E-state index contributed by atoms with van der Waals surface area (Å²) in [6, 6.07) is 30.1. The van der Waals surface area contributed by atoms with Crippen molar-refractivity contribution in [2.24, 2.45) is 5.73 Å². The number of aryl methyl sites for hydroxylation is 1. The Kier molecular flexibility index (Phi) is 17.1. The third-order valence-corrected chi connectivity index (χ3v) is 16.8. The van der Waals surface area contributed by atoms with Crippen LogP contribution < -0.4 is 26.6 Å². The monoisotopic (exact) mass is 1150 g/mol. The minimum absolute atomic E-state index is 0.0281. The molecule has 7 N–H and O–H groups in total. The Bertz CT molecular complexity index is 3770. The summed E-state index contributed by atoms with van der Waals surface area (Å²) in [5, 5.41) is 8.13. The number of ketones is 1. The number of Topliss-reactive ketones (excluding diaryl/α,β-unsaturated/α-hetero) is 1. The van der Waals surface area contributed by atoms with Gasteiger partial charge in [0.05, 0.1) is 17.2 Å². The number of fused-ring (bicyclic) bond motifs is 2. The Morgan fingerprint density at radius 1 is 0.786 bits per heavy atom. The number of amides is 7. The third-order valence-electron chi connectivity index (χ3n) is 16.0. The number of hydrogen-bond donors (Lipinski definition) is 6. The zero-order valence-corrected chi connectivity index (χ0v) is 46.5. The van der Waals surface area contributed by atoms with Crippen molar-refractivity contribution < 1.29 is 62.3 Å².